The fourth-order valence-electron chi connectivity index (χ4n) is 4.15. The molecule has 2 aliphatic rings. The molecule has 1 saturated heterocycles. The molecule has 25 heavy (non-hydrogen) atoms. The van der Waals surface area contributed by atoms with Crippen molar-refractivity contribution in [3.63, 3.8) is 0 Å². The SMILES string of the molecule is CCN1CC(C(=O)Nc2ccc(CC3CCCCC3)cn2)CCC1O. The van der Waals surface area contributed by atoms with Crippen LogP contribution in [0.1, 0.15) is 57.4 Å². The summed E-state index contributed by atoms with van der Waals surface area (Å²) in [5.74, 6) is 1.36. The first-order valence-electron chi connectivity index (χ1n) is 9.83. The van der Waals surface area contributed by atoms with Crippen molar-refractivity contribution in [2.75, 3.05) is 18.4 Å². The van der Waals surface area contributed by atoms with E-state index in [9.17, 15) is 9.90 Å². The Kier molecular flexibility index (Phi) is 6.43. The van der Waals surface area contributed by atoms with Gasteiger partial charge in [0.15, 0.2) is 0 Å². The van der Waals surface area contributed by atoms with Crippen molar-refractivity contribution < 1.29 is 9.90 Å². The second-order valence-corrected chi connectivity index (χ2v) is 7.59. The summed E-state index contributed by atoms with van der Waals surface area (Å²) in [5, 5.41) is 12.8. The molecule has 2 fully saturated rings. The highest BCUT2D eigenvalue weighted by Crippen LogP contribution is 2.27. The molecule has 1 aliphatic heterocycles. The predicted octanol–water partition coefficient (Wildman–Crippen LogP) is 3.19. The summed E-state index contributed by atoms with van der Waals surface area (Å²) in [7, 11) is 0. The quantitative estimate of drug-likeness (QED) is 0.860. The molecule has 1 amide bonds. The Hall–Kier alpha value is -1.46. The molecule has 2 unspecified atom stereocenters. The first kappa shape index (κ1) is 18.3. The molecule has 2 atom stereocenters. The van der Waals surface area contributed by atoms with E-state index in [0.717, 1.165) is 25.3 Å². The van der Waals surface area contributed by atoms with Crippen molar-refractivity contribution in [2.24, 2.45) is 11.8 Å². The van der Waals surface area contributed by atoms with Crippen LogP contribution in [0.15, 0.2) is 18.3 Å². The van der Waals surface area contributed by atoms with E-state index in [2.05, 4.69) is 16.4 Å². The number of rotatable bonds is 5. The Morgan fingerprint density at radius 2 is 2.04 bits per heavy atom. The van der Waals surface area contributed by atoms with Gasteiger partial charge in [0, 0.05) is 12.7 Å². The molecule has 5 nitrogen and oxygen atoms in total. The van der Waals surface area contributed by atoms with Crippen molar-refractivity contribution in [1.29, 1.82) is 0 Å². The average molecular weight is 345 g/mol. The molecule has 1 saturated carbocycles. The molecule has 138 valence electrons. The van der Waals surface area contributed by atoms with E-state index in [4.69, 9.17) is 0 Å². The number of pyridine rings is 1. The van der Waals surface area contributed by atoms with E-state index in [1.54, 1.807) is 0 Å². The number of hydrogen-bond acceptors (Lipinski definition) is 4. The zero-order valence-electron chi connectivity index (χ0n) is 15.3. The number of nitrogens with one attached hydrogen (secondary N) is 1. The summed E-state index contributed by atoms with van der Waals surface area (Å²) in [6.45, 7) is 3.39. The lowest BCUT2D eigenvalue weighted by Gasteiger charge is -2.35. The second kappa shape index (κ2) is 8.77. The van der Waals surface area contributed by atoms with Gasteiger partial charge in [-0.25, -0.2) is 4.98 Å². The number of amides is 1. The maximum Gasteiger partial charge on any atom is 0.229 e. The van der Waals surface area contributed by atoms with Crippen LogP contribution in [-0.4, -0.2) is 40.2 Å². The van der Waals surface area contributed by atoms with Crippen LogP contribution in [0.4, 0.5) is 5.82 Å². The summed E-state index contributed by atoms with van der Waals surface area (Å²) in [6, 6.07) is 4.02. The maximum absolute atomic E-state index is 12.5. The van der Waals surface area contributed by atoms with Crippen molar-refractivity contribution >= 4 is 11.7 Å². The minimum atomic E-state index is -0.411. The van der Waals surface area contributed by atoms with Gasteiger partial charge in [0.2, 0.25) is 5.91 Å². The number of aliphatic hydroxyl groups is 1. The number of carbonyl (C=O) groups is 1. The van der Waals surface area contributed by atoms with Gasteiger partial charge in [-0.3, -0.25) is 9.69 Å². The number of likely N-dealkylation sites (tertiary alicyclic amines) is 1. The van der Waals surface area contributed by atoms with Crippen LogP contribution in [0.2, 0.25) is 0 Å². The normalized spacial score (nSPS) is 25.7. The third-order valence-corrected chi connectivity index (χ3v) is 5.75. The van der Waals surface area contributed by atoms with E-state index in [1.807, 2.05) is 24.1 Å². The molecule has 1 aromatic heterocycles. The molecule has 0 spiro atoms. The third-order valence-electron chi connectivity index (χ3n) is 5.75. The topological polar surface area (TPSA) is 65.5 Å². The number of aromatic nitrogens is 1. The lowest BCUT2D eigenvalue weighted by Crippen LogP contribution is -2.46. The largest absolute Gasteiger partial charge is 0.378 e. The van der Waals surface area contributed by atoms with Crippen molar-refractivity contribution in [3.8, 4) is 0 Å². The van der Waals surface area contributed by atoms with Crippen LogP contribution < -0.4 is 5.32 Å². The van der Waals surface area contributed by atoms with Crippen LogP contribution in [0.3, 0.4) is 0 Å². The molecule has 2 heterocycles. The Bertz CT molecular complexity index is 555. The molecule has 0 radical (unpaired) electrons. The van der Waals surface area contributed by atoms with Gasteiger partial charge in [0.05, 0.1) is 5.92 Å². The smallest absolute Gasteiger partial charge is 0.229 e. The van der Waals surface area contributed by atoms with Gasteiger partial charge >= 0.3 is 0 Å². The Labute approximate surface area is 150 Å². The molecule has 0 bridgehead atoms. The first-order chi connectivity index (χ1) is 12.2. The number of piperidine rings is 1. The van der Waals surface area contributed by atoms with Crippen molar-refractivity contribution in [2.45, 2.75) is 64.5 Å². The summed E-state index contributed by atoms with van der Waals surface area (Å²) >= 11 is 0. The molecule has 1 aromatic rings. The molecule has 3 rings (SSSR count). The number of aliphatic hydroxyl groups excluding tert-OH is 1. The molecule has 5 heteroatoms. The first-order valence-corrected chi connectivity index (χ1v) is 9.83. The maximum atomic E-state index is 12.5. The lowest BCUT2D eigenvalue weighted by molar-refractivity contribution is -0.125. The monoisotopic (exact) mass is 345 g/mol. The van der Waals surface area contributed by atoms with Gasteiger partial charge in [0.25, 0.3) is 0 Å². The summed E-state index contributed by atoms with van der Waals surface area (Å²) < 4.78 is 0. The van der Waals surface area contributed by atoms with E-state index in [0.29, 0.717) is 18.8 Å². The minimum absolute atomic E-state index is 0.0119. The highest BCUT2D eigenvalue weighted by Gasteiger charge is 2.30. The van der Waals surface area contributed by atoms with Gasteiger partial charge in [0.1, 0.15) is 12.0 Å². The van der Waals surface area contributed by atoms with Crippen LogP contribution in [-0.2, 0) is 11.2 Å². The van der Waals surface area contributed by atoms with Crippen molar-refractivity contribution in [1.82, 2.24) is 9.88 Å². The van der Waals surface area contributed by atoms with E-state index in [-0.39, 0.29) is 11.8 Å². The highest BCUT2D eigenvalue weighted by atomic mass is 16.3. The van der Waals surface area contributed by atoms with Crippen molar-refractivity contribution in [3.05, 3.63) is 23.9 Å². The molecule has 2 N–H and O–H groups in total. The summed E-state index contributed by atoms with van der Waals surface area (Å²) in [5.41, 5.74) is 1.27. The number of hydrogen-bond donors (Lipinski definition) is 2. The average Bonchev–Trinajstić information content (AvgIpc) is 2.64. The van der Waals surface area contributed by atoms with E-state index < -0.39 is 6.23 Å². The highest BCUT2D eigenvalue weighted by molar-refractivity contribution is 5.91. The van der Waals surface area contributed by atoms with Gasteiger partial charge in [-0.15, -0.1) is 0 Å². The molecular formula is C20H31N3O2. The van der Waals surface area contributed by atoms with E-state index in [1.165, 1.54) is 37.7 Å². The molecule has 0 aromatic carbocycles. The number of carbonyl (C=O) groups excluding carboxylic acids is 1. The summed E-state index contributed by atoms with van der Waals surface area (Å²) in [6.07, 6.45) is 10.7. The van der Waals surface area contributed by atoms with Gasteiger partial charge in [-0.1, -0.05) is 45.1 Å². The van der Waals surface area contributed by atoms with Crippen LogP contribution in [0.25, 0.3) is 0 Å². The third kappa shape index (κ3) is 5.02. The van der Waals surface area contributed by atoms with Crippen LogP contribution in [0, 0.1) is 11.8 Å². The number of anilines is 1. The fourth-order valence-corrected chi connectivity index (χ4v) is 4.15. The zero-order valence-corrected chi connectivity index (χ0v) is 15.3. The van der Waals surface area contributed by atoms with Crippen LogP contribution >= 0.6 is 0 Å². The minimum Gasteiger partial charge on any atom is -0.378 e. The van der Waals surface area contributed by atoms with Gasteiger partial charge in [-0.2, -0.15) is 0 Å². The fraction of sp³-hybridized carbons (Fsp3) is 0.700. The predicted molar refractivity (Wildman–Crippen MR) is 99.1 cm³/mol. The lowest BCUT2D eigenvalue weighted by atomic mass is 9.85. The van der Waals surface area contributed by atoms with Gasteiger partial charge < -0.3 is 10.4 Å². The Morgan fingerprint density at radius 1 is 1.24 bits per heavy atom. The molecular weight excluding hydrogens is 314 g/mol. The zero-order chi connectivity index (χ0) is 17.6. The van der Waals surface area contributed by atoms with E-state index >= 15 is 0 Å². The van der Waals surface area contributed by atoms with Crippen LogP contribution in [0.5, 0.6) is 0 Å². The standard InChI is InChI=1S/C20H31N3O2/c1-2-23-14-17(9-11-19(23)24)20(25)22-18-10-8-16(13-21-18)12-15-6-4-3-5-7-15/h8,10,13,15,17,19,24H,2-7,9,11-12,14H2,1H3,(H,21,22,25). The Morgan fingerprint density at radius 3 is 2.72 bits per heavy atom. The summed E-state index contributed by atoms with van der Waals surface area (Å²) in [4.78, 5) is 18.9. The second-order valence-electron chi connectivity index (χ2n) is 7.59. The van der Waals surface area contributed by atoms with Gasteiger partial charge in [-0.05, 0) is 43.4 Å². The molecule has 1 aliphatic carbocycles. The number of nitrogens with zero attached hydrogens (tertiary/aromatic N) is 2. The Balaban J connectivity index is 1.51.